The fourth-order valence-electron chi connectivity index (χ4n) is 2.75. The summed E-state index contributed by atoms with van der Waals surface area (Å²) < 4.78 is 24.2. The van der Waals surface area contributed by atoms with Gasteiger partial charge in [-0.1, -0.05) is 0 Å². The summed E-state index contributed by atoms with van der Waals surface area (Å²) in [5, 5.41) is 3.38. The summed E-state index contributed by atoms with van der Waals surface area (Å²) in [4.78, 5) is 13.7. The number of hydrogen-bond donors (Lipinski definition) is 1. The maximum atomic E-state index is 13.7. The van der Waals surface area contributed by atoms with Gasteiger partial charge >= 0.3 is 6.09 Å². The molecule has 0 spiro atoms. The molecule has 0 bridgehead atoms. The van der Waals surface area contributed by atoms with Crippen molar-refractivity contribution < 1.29 is 18.7 Å². The number of nitrogens with one attached hydrogen (secondary N) is 1. The number of carbonyl (C=O) groups is 1. The molecule has 2 atom stereocenters. The first-order valence-electron chi connectivity index (χ1n) is 7.81. The van der Waals surface area contributed by atoms with Crippen molar-refractivity contribution in [2.45, 2.75) is 63.9 Å². The van der Waals surface area contributed by atoms with E-state index in [9.17, 15) is 9.18 Å². The van der Waals surface area contributed by atoms with Crippen LogP contribution in [0.4, 0.5) is 9.18 Å². The third-order valence-corrected chi connectivity index (χ3v) is 3.88. The Morgan fingerprint density at radius 3 is 2.52 bits per heavy atom. The number of nitrogens with zero attached hydrogens (tertiary/aromatic N) is 1. The van der Waals surface area contributed by atoms with Gasteiger partial charge in [0.25, 0.3) is 0 Å². The summed E-state index contributed by atoms with van der Waals surface area (Å²) in [6.07, 6.45) is 1.21. The lowest BCUT2D eigenvalue weighted by Gasteiger charge is -2.37. The van der Waals surface area contributed by atoms with E-state index < -0.39 is 11.8 Å². The van der Waals surface area contributed by atoms with Gasteiger partial charge in [-0.3, -0.25) is 0 Å². The highest BCUT2D eigenvalue weighted by Crippen LogP contribution is 2.18. The summed E-state index contributed by atoms with van der Waals surface area (Å²) >= 11 is 0. The minimum atomic E-state index is -0.928. The number of rotatable bonds is 2. The maximum Gasteiger partial charge on any atom is 0.410 e. The minimum Gasteiger partial charge on any atom is -0.444 e. The Morgan fingerprint density at radius 2 is 1.95 bits per heavy atom. The van der Waals surface area contributed by atoms with Gasteiger partial charge in [-0.15, -0.1) is 0 Å². The second-order valence-electron chi connectivity index (χ2n) is 6.89. The molecule has 2 aliphatic heterocycles. The summed E-state index contributed by atoms with van der Waals surface area (Å²) in [5.74, 6) is 0. The van der Waals surface area contributed by atoms with E-state index in [-0.39, 0.29) is 24.8 Å². The topological polar surface area (TPSA) is 50.8 Å². The van der Waals surface area contributed by atoms with Gasteiger partial charge in [0, 0.05) is 31.8 Å². The standard InChI is InChI=1S/C15H27FN2O3/c1-15(2,3)21-14(19)18-7-4-11(5-8-18)17-13-6-9-20-10-12(13)16/h11-13,17H,4-10H2,1-3H3/t12-,13+/m0/s1. The number of amides is 1. The highest BCUT2D eigenvalue weighted by Gasteiger charge is 2.31. The van der Waals surface area contributed by atoms with E-state index in [0.29, 0.717) is 26.1 Å². The molecular formula is C15H27FN2O3. The van der Waals surface area contributed by atoms with Gasteiger partial charge in [0.15, 0.2) is 0 Å². The van der Waals surface area contributed by atoms with Crippen molar-refractivity contribution in [2.24, 2.45) is 0 Å². The van der Waals surface area contributed by atoms with E-state index in [1.807, 2.05) is 20.8 Å². The zero-order chi connectivity index (χ0) is 15.5. The highest BCUT2D eigenvalue weighted by molar-refractivity contribution is 5.68. The van der Waals surface area contributed by atoms with Crippen LogP contribution in [0.5, 0.6) is 0 Å². The van der Waals surface area contributed by atoms with Gasteiger partial charge in [0.2, 0.25) is 0 Å². The quantitative estimate of drug-likeness (QED) is 0.849. The van der Waals surface area contributed by atoms with E-state index in [1.165, 1.54) is 0 Å². The minimum absolute atomic E-state index is 0.114. The number of halogens is 1. The Kier molecular flexibility index (Phi) is 5.43. The molecule has 0 unspecified atom stereocenters. The second kappa shape index (κ2) is 6.92. The third-order valence-electron chi connectivity index (χ3n) is 3.88. The zero-order valence-electron chi connectivity index (χ0n) is 13.2. The van der Waals surface area contributed by atoms with Gasteiger partial charge in [0.1, 0.15) is 11.8 Å². The molecule has 6 heteroatoms. The molecule has 21 heavy (non-hydrogen) atoms. The third kappa shape index (κ3) is 5.11. The molecule has 0 saturated carbocycles. The van der Waals surface area contributed by atoms with Crippen LogP contribution in [-0.4, -0.2) is 61.2 Å². The predicted octanol–water partition coefficient (Wildman–Crippen LogP) is 2.10. The first-order chi connectivity index (χ1) is 9.85. The van der Waals surface area contributed by atoms with Crippen molar-refractivity contribution in [1.82, 2.24) is 10.2 Å². The molecular weight excluding hydrogens is 275 g/mol. The molecule has 1 amide bonds. The van der Waals surface area contributed by atoms with Crippen LogP contribution < -0.4 is 5.32 Å². The molecule has 2 aliphatic rings. The Balaban J connectivity index is 1.74. The average molecular weight is 302 g/mol. The molecule has 0 aromatic rings. The van der Waals surface area contributed by atoms with Crippen LogP contribution >= 0.6 is 0 Å². The first-order valence-corrected chi connectivity index (χ1v) is 7.81. The molecule has 0 aromatic heterocycles. The highest BCUT2D eigenvalue weighted by atomic mass is 19.1. The van der Waals surface area contributed by atoms with Crippen molar-refractivity contribution in [3.63, 3.8) is 0 Å². The normalized spacial score (nSPS) is 28.5. The molecule has 0 radical (unpaired) electrons. The molecule has 5 nitrogen and oxygen atoms in total. The molecule has 2 rings (SSSR count). The lowest BCUT2D eigenvalue weighted by atomic mass is 10.0. The van der Waals surface area contributed by atoms with Crippen molar-refractivity contribution in [3.05, 3.63) is 0 Å². The molecule has 2 heterocycles. The van der Waals surface area contributed by atoms with Gasteiger partial charge in [-0.2, -0.15) is 0 Å². The van der Waals surface area contributed by atoms with E-state index >= 15 is 0 Å². The van der Waals surface area contributed by atoms with Gasteiger partial charge in [-0.05, 0) is 40.0 Å². The number of hydrogen-bond acceptors (Lipinski definition) is 4. The maximum absolute atomic E-state index is 13.7. The number of likely N-dealkylation sites (tertiary alicyclic amines) is 1. The predicted molar refractivity (Wildman–Crippen MR) is 78.1 cm³/mol. The molecule has 0 aliphatic carbocycles. The number of alkyl halides is 1. The van der Waals surface area contributed by atoms with E-state index in [4.69, 9.17) is 9.47 Å². The number of piperidine rings is 1. The zero-order valence-corrected chi connectivity index (χ0v) is 13.2. The summed E-state index contributed by atoms with van der Waals surface area (Å²) in [6, 6.07) is 0.155. The van der Waals surface area contributed by atoms with Crippen molar-refractivity contribution in [1.29, 1.82) is 0 Å². The van der Waals surface area contributed by atoms with E-state index in [2.05, 4.69) is 5.32 Å². The second-order valence-corrected chi connectivity index (χ2v) is 6.89. The van der Waals surface area contributed by atoms with Crippen molar-refractivity contribution in [3.8, 4) is 0 Å². The smallest absolute Gasteiger partial charge is 0.410 e. The van der Waals surface area contributed by atoms with Crippen molar-refractivity contribution in [2.75, 3.05) is 26.3 Å². The SMILES string of the molecule is CC(C)(C)OC(=O)N1CCC(N[C@@H]2CCOC[C@@H]2F)CC1. The Bertz CT molecular complexity index is 351. The fourth-order valence-corrected chi connectivity index (χ4v) is 2.75. The Morgan fingerprint density at radius 1 is 1.29 bits per heavy atom. The van der Waals surface area contributed by atoms with Gasteiger partial charge in [-0.25, -0.2) is 9.18 Å². The van der Waals surface area contributed by atoms with Gasteiger partial charge in [0.05, 0.1) is 6.61 Å². The van der Waals surface area contributed by atoms with Crippen LogP contribution in [0.15, 0.2) is 0 Å². The largest absolute Gasteiger partial charge is 0.444 e. The van der Waals surface area contributed by atoms with E-state index in [1.54, 1.807) is 4.90 Å². The molecule has 122 valence electrons. The van der Waals surface area contributed by atoms with Crippen LogP contribution in [0, 0.1) is 0 Å². The lowest BCUT2D eigenvalue weighted by Crippen LogP contribution is -2.52. The Hall–Kier alpha value is -0.880. The van der Waals surface area contributed by atoms with Crippen LogP contribution in [0.1, 0.15) is 40.0 Å². The monoisotopic (exact) mass is 302 g/mol. The van der Waals surface area contributed by atoms with Crippen LogP contribution in [-0.2, 0) is 9.47 Å². The average Bonchev–Trinajstić information content (AvgIpc) is 2.40. The Labute approximate surface area is 126 Å². The lowest BCUT2D eigenvalue weighted by molar-refractivity contribution is 0.00435. The van der Waals surface area contributed by atoms with Crippen molar-refractivity contribution >= 4 is 6.09 Å². The fraction of sp³-hybridized carbons (Fsp3) is 0.933. The van der Waals surface area contributed by atoms with Crippen LogP contribution in [0.3, 0.4) is 0 Å². The van der Waals surface area contributed by atoms with Crippen LogP contribution in [0.2, 0.25) is 0 Å². The molecule has 0 aromatic carbocycles. The van der Waals surface area contributed by atoms with E-state index in [0.717, 1.165) is 12.8 Å². The van der Waals surface area contributed by atoms with Crippen LogP contribution in [0.25, 0.3) is 0 Å². The molecule has 1 N–H and O–H groups in total. The number of ether oxygens (including phenoxy) is 2. The summed E-state index contributed by atoms with van der Waals surface area (Å²) in [6.45, 7) is 7.73. The summed E-state index contributed by atoms with van der Waals surface area (Å²) in [7, 11) is 0. The first kappa shape index (κ1) is 16.5. The van der Waals surface area contributed by atoms with Gasteiger partial charge < -0.3 is 19.7 Å². The number of carbonyl (C=O) groups excluding carboxylic acids is 1. The summed E-state index contributed by atoms with van der Waals surface area (Å²) in [5.41, 5.74) is -0.463. The molecule has 2 fully saturated rings. The molecule has 2 saturated heterocycles.